The third-order valence-corrected chi connectivity index (χ3v) is 3.19. The van der Waals surface area contributed by atoms with Crippen molar-refractivity contribution in [1.82, 2.24) is 9.80 Å². The fraction of sp³-hybridized carbons (Fsp3) is 0.889. The van der Waals surface area contributed by atoms with Gasteiger partial charge in [0.15, 0.2) is 0 Å². The van der Waals surface area contributed by atoms with Gasteiger partial charge in [-0.1, -0.05) is 0 Å². The van der Waals surface area contributed by atoms with Gasteiger partial charge in [-0.15, -0.1) is 0 Å². The van der Waals surface area contributed by atoms with Crippen LogP contribution >= 0.6 is 0 Å². The molecule has 3 fully saturated rings. The van der Waals surface area contributed by atoms with E-state index in [1.165, 1.54) is 32.5 Å². The minimum atomic E-state index is 0.734. The van der Waals surface area contributed by atoms with Gasteiger partial charge in [-0.25, -0.2) is 0 Å². The standard InChI is InChI=1S/C9H17N2/c1-10(2)9-7-11-5-3-8(9)4-6-11/h8-9H,1,3-7H2,2H3. The molecule has 0 aromatic heterocycles. The number of nitrogens with zero attached hydrogens (tertiary/aromatic N) is 2. The third kappa shape index (κ3) is 1.30. The Balaban J connectivity index is 2.03. The normalized spacial score (nSPS) is 43.4. The number of piperidine rings is 3. The summed E-state index contributed by atoms with van der Waals surface area (Å²) in [6.07, 6.45) is 2.79. The summed E-state index contributed by atoms with van der Waals surface area (Å²) in [7, 11) is 6.09. The zero-order valence-electron chi connectivity index (χ0n) is 7.29. The molecule has 3 heterocycles. The SMILES string of the molecule is [CH2]N(C)C1CN2CCC1CC2. The lowest BCUT2D eigenvalue weighted by molar-refractivity contribution is 0.0337. The highest BCUT2D eigenvalue weighted by atomic mass is 15.2. The molecule has 0 aromatic rings. The van der Waals surface area contributed by atoms with Crippen molar-refractivity contribution in [2.45, 2.75) is 18.9 Å². The number of likely N-dealkylation sites (N-methyl/N-ethyl adjacent to an activating group) is 1. The van der Waals surface area contributed by atoms with Gasteiger partial charge < -0.3 is 9.80 Å². The third-order valence-electron chi connectivity index (χ3n) is 3.19. The van der Waals surface area contributed by atoms with Gasteiger partial charge in [-0.3, -0.25) is 0 Å². The molecular weight excluding hydrogens is 136 g/mol. The second-order valence-electron chi connectivity index (χ2n) is 3.96. The van der Waals surface area contributed by atoms with Crippen molar-refractivity contribution in [3.8, 4) is 0 Å². The van der Waals surface area contributed by atoms with Crippen molar-refractivity contribution in [3.05, 3.63) is 7.05 Å². The lowest BCUT2D eigenvalue weighted by Gasteiger charge is -2.47. The average Bonchev–Trinajstić information content (AvgIpc) is 2.06. The van der Waals surface area contributed by atoms with E-state index in [1.807, 2.05) is 0 Å². The molecule has 0 aromatic carbocycles. The molecule has 3 rings (SSSR count). The second-order valence-corrected chi connectivity index (χ2v) is 3.96. The first-order chi connectivity index (χ1) is 5.27. The van der Waals surface area contributed by atoms with Crippen molar-refractivity contribution < 1.29 is 0 Å². The van der Waals surface area contributed by atoms with E-state index in [4.69, 9.17) is 0 Å². The van der Waals surface area contributed by atoms with Crippen molar-refractivity contribution in [3.63, 3.8) is 0 Å². The van der Waals surface area contributed by atoms with Gasteiger partial charge in [0.1, 0.15) is 0 Å². The van der Waals surface area contributed by atoms with Gasteiger partial charge in [0.25, 0.3) is 0 Å². The Labute approximate surface area is 69.2 Å². The van der Waals surface area contributed by atoms with E-state index in [0.29, 0.717) is 0 Å². The Morgan fingerprint density at radius 1 is 1.36 bits per heavy atom. The van der Waals surface area contributed by atoms with Crippen LogP contribution in [0.2, 0.25) is 0 Å². The van der Waals surface area contributed by atoms with Gasteiger partial charge in [-0.2, -0.15) is 0 Å². The monoisotopic (exact) mass is 153 g/mol. The van der Waals surface area contributed by atoms with Crippen LogP contribution in [0.15, 0.2) is 0 Å². The van der Waals surface area contributed by atoms with E-state index >= 15 is 0 Å². The molecule has 63 valence electrons. The summed E-state index contributed by atoms with van der Waals surface area (Å²) >= 11 is 0. The maximum Gasteiger partial charge on any atom is 0.0249 e. The fourth-order valence-electron chi connectivity index (χ4n) is 2.43. The molecule has 3 aliphatic rings. The summed E-state index contributed by atoms with van der Waals surface area (Å²) < 4.78 is 0. The first kappa shape index (κ1) is 7.56. The van der Waals surface area contributed by atoms with Crippen LogP contribution < -0.4 is 0 Å². The van der Waals surface area contributed by atoms with Gasteiger partial charge in [0, 0.05) is 19.6 Å². The van der Waals surface area contributed by atoms with Crippen LogP contribution in [0, 0.1) is 13.0 Å². The van der Waals surface area contributed by atoms with Crippen LogP contribution in [0.25, 0.3) is 0 Å². The predicted molar refractivity (Wildman–Crippen MR) is 46.1 cm³/mol. The Morgan fingerprint density at radius 3 is 2.27 bits per heavy atom. The van der Waals surface area contributed by atoms with Crippen molar-refractivity contribution in [1.29, 1.82) is 0 Å². The molecule has 3 saturated heterocycles. The van der Waals surface area contributed by atoms with Crippen LogP contribution in [0.4, 0.5) is 0 Å². The molecule has 0 aliphatic carbocycles. The molecule has 2 heteroatoms. The fourth-order valence-corrected chi connectivity index (χ4v) is 2.43. The highest BCUT2D eigenvalue weighted by molar-refractivity contribution is 4.91. The molecule has 2 nitrogen and oxygen atoms in total. The maximum atomic E-state index is 3.99. The van der Waals surface area contributed by atoms with Crippen molar-refractivity contribution in [2.75, 3.05) is 26.7 Å². The quantitative estimate of drug-likeness (QED) is 0.550. The summed E-state index contributed by atoms with van der Waals surface area (Å²) in [5.41, 5.74) is 0. The van der Waals surface area contributed by atoms with E-state index in [0.717, 1.165) is 12.0 Å². The van der Waals surface area contributed by atoms with E-state index < -0.39 is 0 Å². The minimum Gasteiger partial charge on any atom is -0.302 e. The lowest BCUT2D eigenvalue weighted by Crippen LogP contribution is -2.55. The molecule has 2 bridgehead atoms. The summed E-state index contributed by atoms with van der Waals surface area (Å²) in [5, 5.41) is 0. The highest BCUT2D eigenvalue weighted by Crippen LogP contribution is 2.29. The van der Waals surface area contributed by atoms with E-state index in [9.17, 15) is 0 Å². The summed E-state index contributed by atoms with van der Waals surface area (Å²) in [6, 6.07) is 0.734. The highest BCUT2D eigenvalue weighted by Gasteiger charge is 2.34. The van der Waals surface area contributed by atoms with E-state index in [-0.39, 0.29) is 0 Å². The number of hydrogen-bond acceptors (Lipinski definition) is 2. The Hall–Kier alpha value is -0.0800. The van der Waals surface area contributed by atoms with Crippen LogP contribution in [0.5, 0.6) is 0 Å². The molecular formula is C9H17N2. The van der Waals surface area contributed by atoms with Crippen LogP contribution in [-0.2, 0) is 0 Å². The second kappa shape index (κ2) is 2.76. The topological polar surface area (TPSA) is 6.48 Å². The molecule has 1 unspecified atom stereocenters. The molecule has 0 N–H and O–H groups in total. The first-order valence-electron chi connectivity index (χ1n) is 4.53. The maximum absolute atomic E-state index is 3.99. The molecule has 0 saturated carbocycles. The molecule has 3 aliphatic heterocycles. The van der Waals surface area contributed by atoms with Crippen LogP contribution in [0.1, 0.15) is 12.8 Å². The van der Waals surface area contributed by atoms with E-state index in [2.05, 4.69) is 23.9 Å². The van der Waals surface area contributed by atoms with Gasteiger partial charge in [0.05, 0.1) is 0 Å². The number of fused-ring (bicyclic) bond motifs is 3. The van der Waals surface area contributed by atoms with Crippen LogP contribution in [-0.4, -0.2) is 42.5 Å². The largest absolute Gasteiger partial charge is 0.302 e. The molecule has 1 radical (unpaired) electrons. The van der Waals surface area contributed by atoms with Crippen molar-refractivity contribution >= 4 is 0 Å². The molecule has 11 heavy (non-hydrogen) atoms. The first-order valence-corrected chi connectivity index (χ1v) is 4.53. The van der Waals surface area contributed by atoms with Crippen LogP contribution in [0.3, 0.4) is 0 Å². The Kier molecular flexibility index (Phi) is 1.90. The zero-order valence-corrected chi connectivity index (χ0v) is 7.29. The Bertz CT molecular complexity index is 136. The summed E-state index contributed by atoms with van der Waals surface area (Å²) in [6.45, 7) is 3.91. The summed E-state index contributed by atoms with van der Waals surface area (Å²) in [5.74, 6) is 0.933. The Morgan fingerprint density at radius 2 is 2.00 bits per heavy atom. The number of rotatable bonds is 1. The smallest absolute Gasteiger partial charge is 0.0249 e. The van der Waals surface area contributed by atoms with E-state index in [1.54, 1.807) is 0 Å². The zero-order chi connectivity index (χ0) is 7.84. The van der Waals surface area contributed by atoms with Gasteiger partial charge >= 0.3 is 0 Å². The van der Waals surface area contributed by atoms with Gasteiger partial charge in [-0.05, 0) is 38.9 Å². The number of hydrogen-bond donors (Lipinski definition) is 0. The predicted octanol–water partition coefficient (Wildman–Crippen LogP) is 0.804. The molecule has 1 atom stereocenters. The lowest BCUT2D eigenvalue weighted by atomic mass is 9.83. The minimum absolute atomic E-state index is 0.734. The van der Waals surface area contributed by atoms with Crippen molar-refractivity contribution in [2.24, 2.45) is 5.92 Å². The molecule has 0 spiro atoms. The summed E-state index contributed by atoms with van der Waals surface area (Å²) in [4.78, 5) is 4.71. The molecule has 0 amide bonds. The van der Waals surface area contributed by atoms with Gasteiger partial charge in [0.2, 0.25) is 0 Å². The average molecular weight is 153 g/mol.